The first-order valence-electron chi connectivity index (χ1n) is 5.30. The molecule has 1 atom stereocenters. The average molecular weight is 262 g/mol. The van der Waals surface area contributed by atoms with Crippen molar-refractivity contribution in [1.29, 1.82) is 0 Å². The molecule has 92 valence electrons. The van der Waals surface area contributed by atoms with Gasteiger partial charge in [0.1, 0.15) is 10.8 Å². The summed E-state index contributed by atoms with van der Waals surface area (Å²) < 4.78 is 22.2. The molecule has 1 rings (SSSR count). The molecule has 1 heterocycles. The Hall–Kier alpha value is -0.460. The van der Waals surface area contributed by atoms with Gasteiger partial charge >= 0.3 is 0 Å². The average Bonchev–Trinajstić information content (AvgIpc) is 2.59. The SMILES string of the molecule is CCCCC(N)c1csc(CS(C)(=O)=O)n1. The lowest BCUT2D eigenvalue weighted by molar-refractivity contribution is 0.590. The Bertz CT molecular complexity index is 426. The highest BCUT2D eigenvalue weighted by atomic mass is 32.2. The molecule has 1 aromatic heterocycles. The summed E-state index contributed by atoms with van der Waals surface area (Å²) in [6.45, 7) is 2.11. The molecule has 0 fully saturated rings. The molecule has 0 spiro atoms. The third-order valence-corrected chi connectivity index (χ3v) is 4.05. The molecule has 0 aromatic carbocycles. The first kappa shape index (κ1) is 13.6. The zero-order valence-corrected chi connectivity index (χ0v) is 11.3. The van der Waals surface area contributed by atoms with Gasteiger partial charge in [-0.3, -0.25) is 0 Å². The number of rotatable bonds is 6. The van der Waals surface area contributed by atoms with Gasteiger partial charge in [-0.25, -0.2) is 13.4 Å². The third kappa shape index (κ3) is 4.59. The molecular formula is C10H18N2O2S2. The fourth-order valence-electron chi connectivity index (χ4n) is 1.36. The van der Waals surface area contributed by atoms with Gasteiger partial charge in [-0.2, -0.15) is 0 Å². The van der Waals surface area contributed by atoms with Gasteiger partial charge in [-0.05, 0) is 6.42 Å². The molecule has 1 unspecified atom stereocenters. The predicted octanol–water partition coefficient (Wildman–Crippen LogP) is 1.88. The van der Waals surface area contributed by atoms with Crippen LogP contribution in [0.15, 0.2) is 5.38 Å². The summed E-state index contributed by atoms with van der Waals surface area (Å²) in [6, 6.07) is -0.0653. The van der Waals surface area contributed by atoms with E-state index in [9.17, 15) is 8.42 Å². The van der Waals surface area contributed by atoms with Gasteiger partial charge < -0.3 is 5.73 Å². The Kier molecular flexibility index (Phi) is 4.89. The molecular weight excluding hydrogens is 244 g/mol. The van der Waals surface area contributed by atoms with Crippen molar-refractivity contribution < 1.29 is 8.42 Å². The van der Waals surface area contributed by atoms with Crippen molar-refractivity contribution in [3.05, 3.63) is 16.1 Å². The van der Waals surface area contributed by atoms with Crippen molar-refractivity contribution in [2.75, 3.05) is 6.26 Å². The molecule has 4 nitrogen and oxygen atoms in total. The number of unbranched alkanes of at least 4 members (excludes halogenated alkanes) is 1. The van der Waals surface area contributed by atoms with Crippen molar-refractivity contribution >= 4 is 21.2 Å². The Balaban J connectivity index is 2.64. The summed E-state index contributed by atoms with van der Waals surface area (Å²) in [7, 11) is -3.00. The summed E-state index contributed by atoms with van der Waals surface area (Å²) in [4.78, 5) is 4.26. The Morgan fingerprint density at radius 3 is 2.81 bits per heavy atom. The van der Waals surface area contributed by atoms with Crippen LogP contribution in [0, 0.1) is 0 Å². The van der Waals surface area contributed by atoms with Gasteiger partial charge in [0.05, 0.1) is 5.69 Å². The number of nitrogens with zero attached hydrogens (tertiary/aromatic N) is 1. The van der Waals surface area contributed by atoms with Crippen LogP contribution in [-0.2, 0) is 15.6 Å². The first-order chi connectivity index (χ1) is 7.42. The van der Waals surface area contributed by atoms with Gasteiger partial charge in [-0.15, -0.1) is 11.3 Å². The number of sulfone groups is 1. The highest BCUT2D eigenvalue weighted by molar-refractivity contribution is 7.90. The maximum atomic E-state index is 11.1. The van der Waals surface area contributed by atoms with Gasteiger partial charge in [0.2, 0.25) is 0 Å². The zero-order chi connectivity index (χ0) is 12.2. The summed E-state index contributed by atoms with van der Waals surface area (Å²) in [6.07, 6.45) is 4.29. The van der Waals surface area contributed by atoms with E-state index in [1.54, 1.807) is 0 Å². The smallest absolute Gasteiger partial charge is 0.153 e. The van der Waals surface area contributed by atoms with Gasteiger partial charge in [-0.1, -0.05) is 19.8 Å². The molecule has 0 aliphatic rings. The quantitative estimate of drug-likeness (QED) is 0.849. The number of aromatic nitrogens is 1. The third-order valence-electron chi connectivity index (χ3n) is 2.20. The molecule has 0 amide bonds. The van der Waals surface area contributed by atoms with E-state index >= 15 is 0 Å². The van der Waals surface area contributed by atoms with Gasteiger partial charge in [0, 0.05) is 17.7 Å². The van der Waals surface area contributed by atoms with Crippen LogP contribution in [0.2, 0.25) is 0 Å². The van der Waals surface area contributed by atoms with Crippen LogP contribution in [0.1, 0.15) is 42.9 Å². The molecule has 16 heavy (non-hydrogen) atoms. The maximum absolute atomic E-state index is 11.1. The molecule has 6 heteroatoms. The molecule has 0 bridgehead atoms. The highest BCUT2D eigenvalue weighted by Crippen LogP contribution is 2.20. The Morgan fingerprint density at radius 1 is 1.56 bits per heavy atom. The van der Waals surface area contributed by atoms with Crippen molar-refractivity contribution in [2.45, 2.75) is 38.0 Å². The van der Waals surface area contributed by atoms with E-state index in [1.165, 1.54) is 17.6 Å². The zero-order valence-electron chi connectivity index (χ0n) is 9.64. The van der Waals surface area contributed by atoms with Crippen molar-refractivity contribution in [1.82, 2.24) is 4.98 Å². The molecule has 0 aliphatic heterocycles. The fraction of sp³-hybridized carbons (Fsp3) is 0.700. The summed E-state index contributed by atoms with van der Waals surface area (Å²) in [5.74, 6) is 0.0121. The van der Waals surface area contributed by atoms with E-state index < -0.39 is 9.84 Å². The number of nitrogens with two attached hydrogens (primary N) is 1. The maximum Gasteiger partial charge on any atom is 0.153 e. The second-order valence-corrected chi connectivity index (χ2v) is 7.07. The van der Waals surface area contributed by atoms with Crippen LogP contribution < -0.4 is 5.73 Å². The number of hydrogen-bond acceptors (Lipinski definition) is 5. The van der Waals surface area contributed by atoms with E-state index in [0.29, 0.717) is 5.01 Å². The van der Waals surface area contributed by atoms with Crippen LogP contribution in [-0.4, -0.2) is 19.7 Å². The van der Waals surface area contributed by atoms with Crippen LogP contribution in [0.4, 0.5) is 0 Å². The number of hydrogen-bond donors (Lipinski definition) is 1. The molecule has 2 N–H and O–H groups in total. The van der Waals surface area contributed by atoms with E-state index in [0.717, 1.165) is 25.0 Å². The Morgan fingerprint density at radius 2 is 2.25 bits per heavy atom. The van der Waals surface area contributed by atoms with E-state index in [2.05, 4.69) is 11.9 Å². The highest BCUT2D eigenvalue weighted by Gasteiger charge is 2.13. The van der Waals surface area contributed by atoms with E-state index in [4.69, 9.17) is 5.73 Å². The molecule has 0 aliphatic carbocycles. The lowest BCUT2D eigenvalue weighted by atomic mass is 10.1. The van der Waals surface area contributed by atoms with Crippen LogP contribution in [0.25, 0.3) is 0 Å². The van der Waals surface area contributed by atoms with Crippen LogP contribution >= 0.6 is 11.3 Å². The largest absolute Gasteiger partial charge is 0.323 e. The summed E-state index contributed by atoms with van der Waals surface area (Å²) >= 11 is 1.37. The number of thiazole rings is 1. The topological polar surface area (TPSA) is 73.1 Å². The van der Waals surface area contributed by atoms with Crippen molar-refractivity contribution in [3.8, 4) is 0 Å². The lowest BCUT2D eigenvalue weighted by Crippen LogP contribution is -2.10. The Labute approximate surface area is 101 Å². The standard InChI is InChI=1S/C10H18N2O2S2/c1-3-4-5-8(11)9-6-15-10(12-9)7-16(2,13)14/h6,8H,3-5,7,11H2,1-2H3. The second-order valence-electron chi connectivity index (χ2n) is 3.98. The minimum atomic E-state index is -3.00. The fourth-order valence-corrected chi connectivity index (χ4v) is 3.43. The molecule has 0 radical (unpaired) electrons. The first-order valence-corrected chi connectivity index (χ1v) is 8.24. The van der Waals surface area contributed by atoms with Crippen molar-refractivity contribution in [2.24, 2.45) is 5.73 Å². The van der Waals surface area contributed by atoms with Crippen molar-refractivity contribution in [3.63, 3.8) is 0 Å². The van der Waals surface area contributed by atoms with Crippen LogP contribution in [0.5, 0.6) is 0 Å². The summed E-state index contributed by atoms with van der Waals surface area (Å²) in [5, 5.41) is 2.49. The molecule has 0 saturated heterocycles. The summed E-state index contributed by atoms with van der Waals surface area (Å²) in [5.41, 5.74) is 6.77. The molecule has 1 aromatic rings. The second kappa shape index (κ2) is 5.75. The van der Waals surface area contributed by atoms with E-state index in [-0.39, 0.29) is 11.8 Å². The molecule has 0 saturated carbocycles. The van der Waals surface area contributed by atoms with Gasteiger partial charge in [0.15, 0.2) is 9.84 Å². The minimum Gasteiger partial charge on any atom is -0.323 e. The van der Waals surface area contributed by atoms with Gasteiger partial charge in [0.25, 0.3) is 0 Å². The lowest BCUT2D eigenvalue weighted by Gasteiger charge is -2.06. The van der Waals surface area contributed by atoms with Crippen LogP contribution in [0.3, 0.4) is 0 Å². The normalized spacial score (nSPS) is 13.9. The monoisotopic (exact) mass is 262 g/mol. The predicted molar refractivity (Wildman–Crippen MR) is 67.1 cm³/mol. The van der Waals surface area contributed by atoms with E-state index in [1.807, 2.05) is 5.38 Å². The minimum absolute atomic E-state index is 0.0121.